The Morgan fingerprint density at radius 2 is 1.67 bits per heavy atom. The highest BCUT2D eigenvalue weighted by molar-refractivity contribution is 9.10. The van der Waals surface area contributed by atoms with Crippen LogP contribution in [0.15, 0.2) is 0 Å². The minimum absolute atomic E-state index is 0.108. The van der Waals surface area contributed by atoms with E-state index in [2.05, 4.69) is 50.5 Å². The van der Waals surface area contributed by atoms with Crippen molar-refractivity contribution in [2.75, 3.05) is 0 Å². The van der Waals surface area contributed by atoms with Gasteiger partial charge in [0.25, 0.3) is 0 Å². The second kappa shape index (κ2) is 8.32. The van der Waals surface area contributed by atoms with Gasteiger partial charge in [0.15, 0.2) is 0 Å². The first-order valence-corrected chi connectivity index (χ1v) is 13.9. The maximum absolute atomic E-state index is 11.4. The van der Waals surface area contributed by atoms with E-state index in [0.29, 0.717) is 23.7 Å². The Morgan fingerprint density at radius 3 is 2.37 bits per heavy atom. The van der Waals surface area contributed by atoms with Gasteiger partial charge >= 0.3 is 0 Å². The van der Waals surface area contributed by atoms with Crippen molar-refractivity contribution in [1.29, 1.82) is 0 Å². The van der Waals surface area contributed by atoms with E-state index in [1.165, 1.54) is 44.9 Å². The molecule has 10 atom stereocenters. The van der Waals surface area contributed by atoms with Crippen LogP contribution in [0, 0.1) is 46.3 Å². The third kappa shape index (κ3) is 3.56. The summed E-state index contributed by atoms with van der Waals surface area (Å²) >= 11 is 4.05. The monoisotopic (exact) mass is 482 g/mol. The number of hydrogen-bond acceptors (Lipinski definition) is 2. The van der Waals surface area contributed by atoms with Crippen LogP contribution in [0.2, 0.25) is 0 Å². The van der Waals surface area contributed by atoms with Crippen LogP contribution in [0.5, 0.6) is 0 Å². The lowest BCUT2D eigenvalue weighted by atomic mass is 9.43. The fraction of sp³-hybridized carbons (Fsp3) is 1.00. The summed E-state index contributed by atoms with van der Waals surface area (Å²) in [7, 11) is 0. The summed E-state index contributed by atoms with van der Waals surface area (Å²) in [6.45, 7) is 12.3. The van der Waals surface area contributed by atoms with E-state index in [-0.39, 0.29) is 21.9 Å². The lowest BCUT2D eigenvalue weighted by molar-refractivity contribution is -0.154. The van der Waals surface area contributed by atoms with E-state index < -0.39 is 0 Å². The maximum Gasteiger partial charge on any atom is 0.0702 e. The number of hydrogen-bond donors (Lipinski definition) is 2. The highest BCUT2D eigenvalue weighted by Gasteiger charge is 2.67. The van der Waals surface area contributed by atoms with Gasteiger partial charge in [-0.15, -0.1) is 0 Å². The molecule has 174 valence electrons. The van der Waals surface area contributed by atoms with Crippen molar-refractivity contribution >= 4 is 15.9 Å². The van der Waals surface area contributed by atoms with E-state index in [9.17, 15) is 10.2 Å². The number of aliphatic hydroxyl groups excluding tert-OH is 2. The normalized spacial score (nSPS) is 51.9. The summed E-state index contributed by atoms with van der Waals surface area (Å²) in [6, 6.07) is 0. The zero-order valence-electron chi connectivity index (χ0n) is 20.2. The molecule has 0 bridgehead atoms. The van der Waals surface area contributed by atoms with Crippen LogP contribution in [0.4, 0.5) is 0 Å². The molecular formula is C27H47BrO2. The molecule has 0 amide bonds. The number of alkyl halides is 1. The molecule has 2 N–H and O–H groups in total. The molecule has 0 aromatic rings. The van der Waals surface area contributed by atoms with E-state index in [1.807, 2.05) is 0 Å². The molecule has 4 saturated carbocycles. The van der Waals surface area contributed by atoms with Crippen LogP contribution < -0.4 is 0 Å². The quantitative estimate of drug-likeness (QED) is 0.415. The molecule has 3 heteroatoms. The first-order chi connectivity index (χ1) is 14.0. The minimum atomic E-state index is -0.330. The predicted molar refractivity (Wildman–Crippen MR) is 129 cm³/mol. The molecule has 0 aliphatic heterocycles. The van der Waals surface area contributed by atoms with E-state index in [0.717, 1.165) is 42.9 Å². The van der Waals surface area contributed by atoms with Crippen LogP contribution >= 0.6 is 15.9 Å². The summed E-state index contributed by atoms with van der Waals surface area (Å²) in [5.41, 5.74) is 0.575. The average molecular weight is 484 g/mol. The van der Waals surface area contributed by atoms with Gasteiger partial charge in [0, 0.05) is 0 Å². The highest BCUT2D eigenvalue weighted by atomic mass is 79.9. The zero-order chi connectivity index (χ0) is 21.9. The summed E-state index contributed by atoms with van der Waals surface area (Å²) in [5, 5.41) is 21.8. The van der Waals surface area contributed by atoms with Gasteiger partial charge in [-0.3, -0.25) is 0 Å². The van der Waals surface area contributed by atoms with Gasteiger partial charge in [0.1, 0.15) is 0 Å². The fourth-order valence-corrected chi connectivity index (χ4v) is 10.3. The molecule has 3 unspecified atom stereocenters. The maximum atomic E-state index is 11.4. The third-order valence-corrected chi connectivity index (χ3v) is 12.7. The minimum Gasteiger partial charge on any atom is -0.393 e. The molecule has 0 aromatic heterocycles. The van der Waals surface area contributed by atoms with Crippen molar-refractivity contribution < 1.29 is 10.2 Å². The van der Waals surface area contributed by atoms with Gasteiger partial charge in [-0.05, 0) is 97.7 Å². The van der Waals surface area contributed by atoms with E-state index in [1.54, 1.807) is 0 Å². The highest BCUT2D eigenvalue weighted by Crippen LogP contribution is 2.70. The Labute approximate surface area is 194 Å². The van der Waals surface area contributed by atoms with Crippen molar-refractivity contribution in [2.45, 2.75) is 122 Å². The molecule has 4 fully saturated rings. The molecule has 0 spiro atoms. The van der Waals surface area contributed by atoms with Gasteiger partial charge < -0.3 is 10.2 Å². The van der Waals surface area contributed by atoms with Gasteiger partial charge in [-0.25, -0.2) is 0 Å². The van der Waals surface area contributed by atoms with Gasteiger partial charge in [0.2, 0.25) is 0 Å². The molecule has 4 aliphatic carbocycles. The number of rotatable bonds is 5. The van der Waals surface area contributed by atoms with Gasteiger partial charge in [0.05, 0.1) is 16.5 Å². The Kier molecular flexibility index (Phi) is 6.53. The molecule has 0 heterocycles. The molecule has 30 heavy (non-hydrogen) atoms. The van der Waals surface area contributed by atoms with Crippen LogP contribution in [0.3, 0.4) is 0 Å². The van der Waals surface area contributed by atoms with E-state index >= 15 is 0 Å². The third-order valence-electron chi connectivity index (χ3n) is 11.0. The SMILES string of the molecule is CC(C)CCC[C@@H](C)[C@H]1CC[C@H]2[C@@H]3CC(O)C4(Br)CC(O)CC[C@]4(C)[C@H]3CC[C@]12C. The second-order valence-corrected chi connectivity index (χ2v) is 14.3. The lowest BCUT2D eigenvalue weighted by Gasteiger charge is -2.65. The van der Waals surface area contributed by atoms with Crippen LogP contribution in [-0.4, -0.2) is 26.7 Å². The van der Waals surface area contributed by atoms with Crippen molar-refractivity contribution in [1.82, 2.24) is 0 Å². The predicted octanol–water partition coefficient (Wildman–Crippen LogP) is 6.96. The fourth-order valence-electron chi connectivity index (χ4n) is 9.24. The van der Waals surface area contributed by atoms with Crippen molar-refractivity contribution in [3.05, 3.63) is 0 Å². The summed E-state index contributed by atoms with van der Waals surface area (Å²) in [6.07, 6.45) is 12.6. The number of fused-ring (bicyclic) bond motifs is 5. The smallest absolute Gasteiger partial charge is 0.0702 e. The Balaban J connectivity index is 1.53. The molecule has 2 nitrogen and oxygen atoms in total. The Bertz CT molecular complexity index is 622. The topological polar surface area (TPSA) is 40.5 Å². The average Bonchev–Trinajstić information content (AvgIpc) is 3.01. The molecule has 0 aromatic carbocycles. The standard InChI is InChI=1S/C27H47BrO2/c1-17(2)7-6-8-18(3)21-9-10-22-20-15-24(30)27(28)16-19(29)11-14-26(27,5)23(20)12-13-25(21,22)4/h17-24,29-30H,6-16H2,1-5H3/t18-,19?,20+,21-,22+,23+,24?,25-,26-,27?/m1/s1. The van der Waals surface area contributed by atoms with Gasteiger partial charge in [-0.1, -0.05) is 69.8 Å². The summed E-state index contributed by atoms with van der Waals surface area (Å²) in [5.74, 6) is 4.66. The number of halogens is 1. The molecule has 4 rings (SSSR count). The number of aliphatic hydroxyl groups is 2. The lowest BCUT2D eigenvalue weighted by Crippen LogP contribution is -2.65. The van der Waals surface area contributed by atoms with Gasteiger partial charge in [-0.2, -0.15) is 0 Å². The summed E-state index contributed by atoms with van der Waals surface area (Å²) < 4.78 is -0.297. The molecule has 0 radical (unpaired) electrons. The first-order valence-electron chi connectivity index (χ1n) is 13.1. The molecule has 4 aliphatic rings. The second-order valence-electron chi connectivity index (χ2n) is 12.8. The molecular weight excluding hydrogens is 436 g/mol. The largest absolute Gasteiger partial charge is 0.393 e. The van der Waals surface area contributed by atoms with Crippen molar-refractivity contribution in [3.8, 4) is 0 Å². The molecule has 0 saturated heterocycles. The van der Waals surface area contributed by atoms with Crippen LogP contribution in [-0.2, 0) is 0 Å². The summed E-state index contributed by atoms with van der Waals surface area (Å²) in [4.78, 5) is 0. The first kappa shape index (κ1) is 23.6. The zero-order valence-corrected chi connectivity index (χ0v) is 21.8. The van der Waals surface area contributed by atoms with Crippen LogP contribution in [0.1, 0.15) is 105 Å². The van der Waals surface area contributed by atoms with Crippen LogP contribution in [0.25, 0.3) is 0 Å². The van der Waals surface area contributed by atoms with Crippen molar-refractivity contribution in [2.24, 2.45) is 46.3 Å². The van der Waals surface area contributed by atoms with E-state index in [4.69, 9.17) is 0 Å². The Morgan fingerprint density at radius 1 is 0.933 bits per heavy atom. The Hall–Kier alpha value is 0.400. The van der Waals surface area contributed by atoms with Crippen molar-refractivity contribution in [3.63, 3.8) is 0 Å².